The number of hydrogen-bond donors (Lipinski definition) is 1. The Kier molecular flexibility index (Phi) is 3.55. The van der Waals surface area contributed by atoms with Gasteiger partial charge in [-0.2, -0.15) is 4.98 Å². The number of nitrogens with one attached hydrogen (secondary N) is 1. The van der Waals surface area contributed by atoms with Crippen molar-refractivity contribution in [2.75, 3.05) is 12.4 Å². The number of hydrogen-bond acceptors (Lipinski definition) is 5. The van der Waals surface area contributed by atoms with Crippen molar-refractivity contribution in [3.8, 4) is 11.4 Å². The van der Waals surface area contributed by atoms with Crippen molar-refractivity contribution in [1.29, 1.82) is 0 Å². The van der Waals surface area contributed by atoms with Crippen LogP contribution >= 0.6 is 11.6 Å². The summed E-state index contributed by atoms with van der Waals surface area (Å²) in [6, 6.07) is 12.4. The van der Waals surface area contributed by atoms with Crippen molar-refractivity contribution in [3.63, 3.8) is 0 Å². The van der Waals surface area contributed by atoms with E-state index in [1.807, 2.05) is 41.1 Å². The van der Waals surface area contributed by atoms with Crippen molar-refractivity contribution >= 4 is 28.8 Å². The topological polar surface area (TPSA) is 69.3 Å². The van der Waals surface area contributed by atoms with Crippen molar-refractivity contribution in [2.45, 2.75) is 0 Å². The van der Waals surface area contributed by atoms with Gasteiger partial charge in [-0.05, 0) is 41.9 Å². The molecule has 24 heavy (non-hydrogen) atoms. The summed E-state index contributed by atoms with van der Waals surface area (Å²) in [7, 11) is 1.61. The van der Waals surface area contributed by atoms with Crippen LogP contribution in [0.15, 0.2) is 49.1 Å². The SMILES string of the molecule is COc1[c]cc(-n2cnc(Nc3nc(Cl)nn4cccc34)c2)cc1. The Bertz CT molecular complexity index is 991. The smallest absolute Gasteiger partial charge is 0.243 e. The third-order valence-corrected chi connectivity index (χ3v) is 3.64. The average Bonchev–Trinajstić information content (AvgIpc) is 3.24. The number of aromatic nitrogens is 5. The molecule has 0 aliphatic carbocycles. The Morgan fingerprint density at radius 3 is 3.00 bits per heavy atom. The van der Waals surface area contributed by atoms with E-state index in [4.69, 9.17) is 16.3 Å². The second-order valence-corrected chi connectivity index (χ2v) is 5.31. The summed E-state index contributed by atoms with van der Waals surface area (Å²) in [4.78, 5) is 8.57. The lowest BCUT2D eigenvalue weighted by Gasteiger charge is -2.05. The normalized spacial score (nSPS) is 10.9. The maximum Gasteiger partial charge on any atom is 0.243 e. The third-order valence-electron chi connectivity index (χ3n) is 3.48. The molecule has 0 saturated carbocycles. The molecule has 119 valence electrons. The highest BCUT2D eigenvalue weighted by Crippen LogP contribution is 2.21. The van der Waals surface area contributed by atoms with Gasteiger partial charge in [-0.25, -0.2) is 9.50 Å². The number of anilines is 2. The van der Waals surface area contributed by atoms with Crippen LogP contribution in [-0.2, 0) is 0 Å². The van der Waals surface area contributed by atoms with Gasteiger partial charge in [0.05, 0.1) is 13.3 Å². The van der Waals surface area contributed by atoms with Crippen LogP contribution in [0.25, 0.3) is 11.2 Å². The molecule has 4 aromatic rings. The minimum absolute atomic E-state index is 0.158. The van der Waals surface area contributed by atoms with Crippen LogP contribution in [0.5, 0.6) is 5.75 Å². The van der Waals surface area contributed by atoms with E-state index in [0.717, 1.165) is 11.2 Å². The number of benzene rings is 1. The molecular formula is C16H12ClN6O. The van der Waals surface area contributed by atoms with Gasteiger partial charge in [-0.1, -0.05) is 0 Å². The van der Waals surface area contributed by atoms with E-state index in [2.05, 4.69) is 26.4 Å². The van der Waals surface area contributed by atoms with Gasteiger partial charge in [-0.3, -0.25) is 0 Å². The molecule has 0 aliphatic rings. The fourth-order valence-electron chi connectivity index (χ4n) is 2.34. The van der Waals surface area contributed by atoms with E-state index in [1.165, 1.54) is 0 Å². The summed E-state index contributed by atoms with van der Waals surface area (Å²) < 4.78 is 8.64. The lowest BCUT2D eigenvalue weighted by atomic mass is 10.3. The summed E-state index contributed by atoms with van der Waals surface area (Å²) in [6.45, 7) is 0. The average molecular weight is 340 g/mol. The van der Waals surface area contributed by atoms with Gasteiger partial charge < -0.3 is 14.6 Å². The fraction of sp³-hybridized carbons (Fsp3) is 0.0625. The number of nitrogens with zero attached hydrogens (tertiary/aromatic N) is 5. The summed E-state index contributed by atoms with van der Waals surface area (Å²) in [6.07, 6.45) is 5.36. The van der Waals surface area contributed by atoms with Crippen LogP contribution in [-0.4, -0.2) is 31.3 Å². The standard InChI is InChI=1S/C16H12ClN6O/c1-24-12-6-4-11(5-7-12)22-9-14(18-10-22)19-15-13-3-2-8-23(13)21-16(17)20-15/h2-6,8-10H,1H3,(H,19,20,21). The molecule has 0 saturated heterocycles. The molecule has 0 amide bonds. The van der Waals surface area contributed by atoms with Crippen LogP contribution in [0.1, 0.15) is 0 Å². The van der Waals surface area contributed by atoms with Gasteiger partial charge in [-0.15, -0.1) is 5.10 Å². The van der Waals surface area contributed by atoms with Crippen LogP contribution in [0.2, 0.25) is 5.28 Å². The summed E-state index contributed by atoms with van der Waals surface area (Å²) >= 11 is 5.95. The zero-order valence-corrected chi connectivity index (χ0v) is 13.4. The molecule has 0 unspecified atom stereocenters. The molecule has 1 aromatic carbocycles. The molecule has 0 fully saturated rings. The Morgan fingerprint density at radius 2 is 2.21 bits per heavy atom. The Morgan fingerprint density at radius 1 is 1.29 bits per heavy atom. The summed E-state index contributed by atoms with van der Waals surface area (Å²) in [5.74, 6) is 1.92. The first-order valence-electron chi connectivity index (χ1n) is 7.11. The minimum atomic E-state index is 0.158. The van der Waals surface area contributed by atoms with Crippen molar-refractivity contribution < 1.29 is 4.74 Å². The van der Waals surface area contributed by atoms with Gasteiger partial charge in [0.1, 0.15) is 23.4 Å². The first-order chi connectivity index (χ1) is 11.7. The molecule has 0 atom stereocenters. The first-order valence-corrected chi connectivity index (χ1v) is 7.49. The number of halogens is 1. The van der Waals surface area contributed by atoms with E-state index in [1.54, 1.807) is 24.1 Å². The van der Waals surface area contributed by atoms with E-state index in [0.29, 0.717) is 17.4 Å². The van der Waals surface area contributed by atoms with E-state index >= 15 is 0 Å². The van der Waals surface area contributed by atoms with E-state index in [9.17, 15) is 0 Å². The Labute approximate surface area is 142 Å². The molecule has 0 spiro atoms. The van der Waals surface area contributed by atoms with E-state index in [-0.39, 0.29) is 5.28 Å². The molecule has 1 radical (unpaired) electrons. The van der Waals surface area contributed by atoms with Gasteiger partial charge in [0, 0.05) is 18.0 Å². The second kappa shape index (κ2) is 5.86. The number of rotatable bonds is 4. The number of methoxy groups -OCH3 is 1. The third kappa shape index (κ3) is 2.65. The lowest BCUT2D eigenvalue weighted by Crippen LogP contribution is -2.01. The summed E-state index contributed by atoms with van der Waals surface area (Å²) in [5.41, 5.74) is 1.73. The Hall–Kier alpha value is -3.06. The van der Waals surface area contributed by atoms with Crippen LogP contribution in [0, 0.1) is 6.07 Å². The molecule has 3 aromatic heterocycles. The lowest BCUT2D eigenvalue weighted by molar-refractivity contribution is 0.414. The Balaban J connectivity index is 1.63. The molecule has 0 aliphatic heterocycles. The zero-order chi connectivity index (χ0) is 16.5. The highest BCUT2D eigenvalue weighted by Gasteiger charge is 2.09. The zero-order valence-electron chi connectivity index (χ0n) is 12.6. The highest BCUT2D eigenvalue weighted by atomic mass is 35.5. The second-order valence-electron chi connectivity index (χ2n) is 4.97. The first kappa shape index (κ1) is 14.5. The van der Waals surface area contributed by atoms with E-state index < -0.39 is 0 Å². The molecule has 0 bridgehead atoms. The molecular weight excluding hydrogens is 328 g/mol. The number of fused-ring (bicyclic) bond motifs is 1. The number of imidazole rings is 1. The van der Waals surface area contributed by atoms with Gasteiger partial charge in [0.2, 0.25) is 5.28 Å². The van der Waals surface area contributed by atoms with Crippen LogP contribution in [0.4, 0.5) is 11.6 Å². The maximum absolute atomic E-state index is 5.95. The van der Waals surface area contributed by atoms with Crippen molar-refractivity contribution in [1.82, 2.24) is 24.1 Å². The maximum atomic E-state index is 5.95. The predicted molar refractivity (Wildman–Crippen MR) is 90.2 cm³/mol. The molecule has 3 heterocycles. The molecule has 4 rings (SSSR count). The predicted octanol–water partition coefficient (Wildman–Crippen LogP) is 3.12. The highest BCUT2D eigenvalue weighted by molar-refractivity contribution is 6.28. The molecule has 1 N–H and O–H groups in total. The molecule has 8 heteroatoms. The largest absolute Gasteiger partial charge is 0.496 e. The molecule has 7 nitrogen and oxygen atoms in total. The van der Waals surface area contributed by atoms with Crippen LogP contribution in [0.3, 0.4) is 0 Å². The van der Waals surface area contributed by atoms with Crippen LogP contribution < -0.4 is 10.1 Å². The van der Waals surface area contributed by atoms with Gasteiger partial charge >= 0.3 is 0 Å². The van der Waals surface area contributed by atoms with Crippen molar-refractivity contribution in [2.24, 2.45) is 0 Å². The fourth-order valence-corrected chi connectivity index (χ4v) is 2.51. The number of ether oxygens (including phenoxy) is 1. The quantitative estimate of drug-likeness (QED) is 0.618. The van der Waals surface area contributed by atoms with Gasteiger partial charge in [0.25, 0.3) is 0 Å². The van der Waals surface area contributed by atoms with Crippen molar-refractivity contribution in [3.05, 3.63) is 60.4 Å². The minimum Gasteiger partial charge on any atom is -0.496 e. The monoisotopic (exact) mass is 339 g/mol. The summed E-state index contributed by atoms with van der Waals surface area (Å²) in [5, 5.41) is 7.42. The van der Waals surface area contributed by atoms with Gasteiger partial charge in [0.15, 0.2) is 5.82 Å².